The van der Waals surface area contributed by atoms with Gasteiger partial charge in [-0.25, -0.2) is 4.98 Å². The van der Waals surface area contributed by atoms with Crippen LogP contribution in [0.2, 0.25) is 0 Å². The van der Waals surface area contributed by atoms with Crippen LogP contribution in [0.1, 0.15) is 34.5 Å². The van der Waals surface area contributed by atoms with E-state index in [1.54, 1.807) is 36.6 Å². The van der Waals surface area contributed by atoms with Gasteiger partial charge in [0.15, 0.2) is 0 Å². The average Bonchev–Trinajstić information content (AvgIpc) is 3.35. The molecule has 1 atom stereocenters. The van der Waals surface area contributed by atoms with Gasteiger partial charge in [-0.3, -0.25) is 9.59 Å². The third-order valence-electron chi connectivity index (χ3n) is 5.65. The molecule has 1 fully saturated rings. The number of aryl methyl sites for hydroxylation is 3. The van der Waals surface area contributed by atoms with Gasteiger partial charge < -0.3 is 23.7 Å². The molecule has 1 unspecified atom stereocenters. The lowest BCUT2D eigenvalue weighted by atomic mass is 10.0. The number of fused-ring (bicyclic) bond motifs is 1. The third-order valence-corrected chi connectivity index (χ3v) is 5.65. The predicted octanol–water partition coefficient (Wildman–Crippen LogP) is 0.221. The summed E-state index contributed by atoms with van der Waals surface area (Å²) in [6, 6.07) is 6.37. The lowest BCUT2D eigenvalue weighted by Gasteiger charge is -2.26. The number of Topliss-reactive ketones (excluding diaryl/α,β-unsaturated/α-hetero) is 1. The Hall–Kier alpha value is -3.39. The van der Waals surface area contributed by atoms with Crippen LogP contribution >= 0.6 is 0 Å². The standard InChI is InChI=1S/C23H26N4O4/c1-13-7-6-10-26-18(15(3)24-22(13)26)20(28)17-19(16-9-8-14(2)31-16)27(12-11-25(4)5)23(30)21(17)29/h6-10,19,28H,11-12H2,1-5H3. The van der Waals surface area contributed by atoms with E-state index in [0.29, 0.717) is 41.6 Å². The minimum Gasteiger partial charge on any atom is -0.871 e. The first-order valence-electron chi connectivity index (χ1n) is 10.3. The number of furan rings is 1. The van der Waals surface area contributed by atoms with Gasteiger partial charge in [0.2, 0.25) is 5.78 Å². The van der Waals surface area contributed by atoms with Gasteiger partial charge in [0.1, 0.15) is 23.2 Å². The van der Waals surface area contributed by atoms with E-state index in [0.717, 1.165) is 10.5 Å². The summed E-state index contributed by atoms with van der Waals surface area (Å²) >= 11 is 0. The smallest absolute Gasteiger partial charge is 0.295 e. The first kappa shape index (κ1) is 20.9. The second kappa shape index (κ2) is 7.70. The van der Waals surface area contributed by atoms with E-state index in [2.05, 4.69) is 4.98 Å². The SMILES string of the molecule is Cc1ccc(C2C(=C([O-])c3c(C)nc4c(C)cccn34)C(=O)C(=O)N2CC[NH+](C)C)o1. The Balaban J connectivity index is 1.93. The van der Waals surface area contributed by atoms with E-state index in [1.165, 1.54) is 4.90 Å². The normalized spacial score (nSPS) is 18.6. The van der Waals surface area contributed by atoms with Gasteiger partial charge in [-0.2, -0.15) is 0 Å². The number of hydrogen-bond donors (Lipinski definition) is 1. The number of hydrogen-bond acceptors (Lipinski definition) is 5. The molecule has 0 aromatic carbocycles. The molecule has 1 N–H and O–H groups in total. The van der Waals surface area contributed by atoms with Crippen LogP contribution in [-0.4, -0.2) is 53.2 Å². The summed E-state index contributed by atoms with van der Waals surface area (Å²) in [7, 11) is 3.93. The molecule has 0 spiro atoms. The topological polar surface area (TPSA) is 95.3 Å². The van der Waals surface area contributed by atoms with Crippen molar-refractivity contribution in [3.8, 4) is 0 Å². The molecule has 4 heterocycles. The minimum atomic E-state index is -0.852. The number of pyridine rings is 1. The van der Waals surface area contributed by atoms with E-state index in [9.17, 15) is 14.7 Å². The molecule has 0 aliphatic carbocycles. The number of nitrogens with zero attached hydrogens (tertiary/aromatic N) is 3. The van der Waals surface area contributed by atoms with E-state index in [4.69, 9.17) is 4.42 Å². The molecule has 1 saturated heterocycles. The summed E-state index contributed by atoms with van der Waals surface area (Å²) in [6.07, 6.45) is 1.75. The number of aromatic nitrogens is 2. The number of imidazole rings is 1. The number of rotatable bonds is 5. The zero-order valence-corrected chi connectivity index (χ0v) is 18.4. The highest BCUT2D eigenvalue weighted by molar-refractivity contribution is 6.46. The molecule has 1 aliphatic rings. The molecular weight excluding hydrogens is 396 g/mol. The number of ketones is 1. The second-order valence-corrected chi connectivity index (χ2v) is 8.31. The number of amides is 1. The summed E-state index contributed by atoms with van der Waals surface area (Å²) in [5.74, 6) is -0.885. The quantitative estimate of drug-likeness (QED) is 0.361. The zero-order chi connectivity index (χ0) is 22.4. The predicted molar refractivity (Wildman–Crippen MR) is 112 cm³/mol. The fraction of sp³-hybridized carbons (Fsp3) is 0.348. The Morgan fingerprint density at radius 1 is 1.19 bits per heavy atom. The summed E-state index contributed by atoms with van der Waals surface area (Å²) < 4.78 is 7.48. The molecule has 3 aromatic heterocycles. The van der Waals surface area contributed by atoms with Crippen molar-refractivity contribution in [2.75, 3.05) is 27.2 Å². The molecule has 1 amide bonds. The van der Waals surface area contributed by atoms with E-state index >= 15 is 0 Å². The molecular formula is C23H26N4O4. The van der Waals surface area contributed by atoms with Crippen LogP contribution in [0, 0.1) is 20.8 Å². The lowest BCUT2D eigenvalue weighted by molar-refractivity contribution is -0.857. The molecule has 1 aliphatic heterocycles. The molecule has 0 saturated carbocycles. The molecule has 4 rings (SSSR count). The first-order chi connectivity index (χ1) is 14.7. The van der Waals surface area contributed by atoms with Crippen molar-refractivity contribution in [2.24, 2.45) is 0 Å². The number of carbonyl (C=O) groups is 2. The van der Waals surface area contributed by atoms with E-state index in [1.807, 2.05) is 33.2 Å². The van der Waals surface area contributed by atoms with Crippen LogP contribution in [0.15, 0.2) is 40.5 Å². The van der Waals surface area contributed by atoms with Gasteiger partial charge in [-0.15, -0.1) is 0 Å². The van der Waals surface area contributed by atoms with Gasteiger partial charge in [-0.05, 0) is 44.5 Å². The Morgan fingerprint density at radius 2 is 1.94 bits per heavy atom. The minimum absolute atomic E-state index is 0.0838. The van der Waals surface area contributed by atoms with Gasteiger partial charge in [-0.1, -0.05) is 11.8 Å². The van der Waals surface area contributed by atoms with E-state index < -0.39 is 23.5 Å². The van der Waals surface area contributed by atoms with Crippen LogP contribution in [0.4, 0.5) is 0 Å². The van der Waals surface area contributed by atoms with Crippen LogP contribution in [-0.2, 0) is 9.59 Å². The molecule has 3 aromatic rings. The average molecular weight is 422 g/mol. The van der Waals surface area contributed by atoms with Crippen LogP contribution in [0.3, 0.4) is 0 Å². The number of likely N-dealkylation sites (N-methyl/N-ethyl adjacent to an activating group) is 1. The number of carbonyl (C=O) groups excluding carboxylic acids is 2. The fourth-order valence-electron chi connectivity index (χ4n) is 4.06. The maximum atomic E-state index is 13.7. The lowest BCUT2D eigenvalue weighted by Crippen LogP contribution is -3.06. The Bertz CT molecular complexity index is 1220. The van der Waals surface area contributed by atoms with Gasteiger partial charge >= 0.3 is 0 Å². The highest BCUT2D eigenvalue weighted by Gasteiger charge is 2.46. The van der Waals surface area contributed by atoms with Crippen molar-refractivity contribution in [1.29, 1.82) is 0 Å². The Kier molecular flexibility index (Phi) is 5.18. The molecule has 0 radical (unpaired) electrons. The Labute approximate surface area is 180 Å². The number of likely N-dealkylation sites (tertiary alicyclic amines) is 1. The van der Waals surface area contributed by atoms with Crippen molar-refractivity contribution in [3.63, 3.8) is 0 Å². The molecule has 8 nitrogen and oxygen atoms in total. The van der Waals surface area contributed by atoms with Gasteiger partial charge in [0.05, 0.1) is 38.6 Å². The van der Waals surface area contributed by atoms with Crippen molar-refractivity contribution in [1.82, 2.24) is 14.3 Å². The summed E-state index contributed by atoms with van der Waals surface area (Å²) in [6.45, 7) is 6.40. The maximum Gasteiger partial charge on any atom is 0.295 e. The molecule has 8 heteroatoms. The van der Waals surface area contributed by atoms with Crippen molar-refractivity contribution in [3.05, 3.63) is 64.5 Å². The van der Waals surface area contributed by atoms with E-state index in [-0.39, 0.29) is 5.57 Å². The van der Waals surface area contributed by atoms with Crippen LogP contribution in [0.5, 0.6) is 0 Å². The van der Waals surface area contributed by atoms with Crippen molar-refractivity contribution >= 4 is 23.1 Å². The summed E-state index contributed by atoms with van der Waals surface area (Å²) in [5.41, 5.74) is 2.29. The van der Waals surface area contributed by atoms with Crippen molar-refractivity contribution < 1.29 is 24.0 Å². The van der Waals surface area contributed by atoms with Gasteiger partial charge in [0, 0.05) is 11.8 Å². The fourth-order valence-corrected chi connectivity index (χ4v) is 4.06. The van der Waals surface area contributed by atoms with Crippen LogP contribution in [0.25, 0.3) is 11.4 Å². The monoisotopic (exact) mass is 422 g/mol. The largest absolute Gasteiger partial charge is 0.871 e. The highest BCUT2D eigenvalue weighted by atomic mass is 16.3. The van der Waals surface area contributed by atoms with Crippen LogP contribution < -0.4 is 10.0 Å². The molecule has 162 valence electrons. The molecule has 31 heavy (non-hydrogen) atoms. The highest BCUT2D eigenvalue weighted by Crippen LogP contribution is 2.39. The number of nitrogens with one attached hydrogen (secondary N) is 1. The summed E-state index contributed by atoms with van der Waals surface area (Å²) in [4.78, 5) is 33.1. The molecule has 0 bridgehead atoms. The van der Waals surface area contributed by atoms with Gasteiger partial charge in [0.25, 0.3) is 5.91 Å². The number of quaternary nitrogens is 1. The van der Waals surface area contributed by atoms with Crippen molar-refractivity contribution in [2.45, 2.75) is 26.8 Å². The Morgan fingerprint density at radius 3 is 2.58 bits per heavy atom. The summed E-state index contributed by atoms with van der Waals surface area (Å²) in [5, 5.41) is 13.7. The zero-order valence-electron chi connectivity index (χ0n) is 18.4. The third kappa shape index (κ3) is 3.42. The first-order valence-corrected chi connectivity index (χ1v) is 10.3. The maximum absolute atomic E-state index is 13.7. The second-order valence-electron chi connectivity index (χ2n) is 8.31.